The van der Waals surface area contributed by atoms with E-state index in [0.29, 0.717) is 11.5 Å². The van der Waals surface area contributed by atoms with Gasteiger partial charge in [0.25, 0.3) is 0 Å². The van der Waals surface area contributed by atoms with Gasteiger partial charge in [-0.1, -0.05) is 0 Å². The van der Waals surface area contributed by atoms with Crippen molar-refractivity contribution >= 4 is 5.82 Å². The first kappa shape index (κ1) is 10.5. The van der Waals surface area contributed by atoms with E-state index in [9.17, 15) is 9.50 Å². The van der Waals surface area contributed by atoms with Gasteiger partial charge >= 0.3 is 0 Å². The molecule has 0 spiro atoms. The van der Waals surface area contributed by atoms with Gasteiger partial charge in [0.2, 0.25) is 0 Å². The lowest BCUT2D eigenvalue weighted by molar-refractivity contribution is 0.433. The largest absolute Gasteiger partial charge is 0.505 e. The number of anilines is 1. The number of nitrogen functional groups attached to an aromatic ring is 1. The van der Waals surface area contributed by atoms with Crippen LogP contribution in [0.4, 0.5) is 10.2 Å². The Labute approximate surface area is 92.1 Å². The normalized spacial score (nSPS) is 10.7. The highest BCUT2D eigenvalue weighted by atomic mass is 19.1. The van der Waals surface area contributed by atoms with Gasteiger partial charge in [-0.15, -0.1) is 0 Å². The lowest BCUT2D eigenvalue weighted by atomic mass is 10.1. The number of phenols is 1. The van der Waals surface area contributed by atoms with Crippen LogP contribution in [0.2, 0.25) is 0 Å². The molecule has 0 bridgehead atoms. The summed E-state index contributed by atoms with van der Waals surface area (Å²) in [6.45, 7) is 1.77. The molecule has 2 aromatic rings. The summed E-state index contributed by atoms with van der Waals surface area (Å²) in [4.78, 5) is 0. The predicted octanol–water partition coefficient (Wildman–Crippen LogP) is 1.82. The van der Waals surface area contributed by atoms with Crippen LogP contribution in [-0.2, 0) is 7.05 Å². The Hall–Kier alpha value is -2.04. The van der Waals surface area contributed by atoms with Crippen LogP contribution in [0.25, 0.3) is 11.3 Å². The van der Waals surface area contributed by atoms with E-state index < -0.39 is 5.82 Å². The lowest BCUT2D eigenvalue weighted by Gasteiger charge is -2.03. The molecule has 3 N–H and O–H groups in total. The van der Waals surface area contributed by atoms with Crippen molar-refractivity contribution in [3.05, 3.63) is 29.6 Å². The number of benzene rings is 1. The molecule has 0 fully saturated rings. The minimum Gasteiger partial charge on any atom is -0.505 e. The third-order valence-corrected chi connectivity index (χ3v) is 2.39. The van der Waals surface area contributed by atoms with Gasteiger partial charge in [0.05, 0.1) is 5.69 Å². The molecule has 0 amide bonds. The molecular weight excluding hydrogens is 209 g/mol. The van der Waals surface area contributed by atoms with Crippen molar-refractivity contribution in [1.82, 2.24) is 9.78 Å². The summed E-state index contributed by atoms with van der Waals surface area (Å²) in [6, 6.07) is 4.55. The van der Waals surface area contributed by atoms with Crippen LogP contribution in [0.15, 0.2) is 18.2 Å². The van der Waals surface area contributed by atoms with Gasteiger partial charge < -0.3 is 10.8 Å². The number of halogens is 1. The number of nitrogens with zero attached hydrogens (tertiary/aromatic N) is 2. The fraction of sp³-hybridized carbons (Fsp3) is 0.182. The molecule has 1 aromatic heterocycles. The van der Waals surface area contributed by atoms with Gasteiger partial charge in [0.15, 0.2) is 11.6 Å². The van der Waals surface area contributed by atoms with Crippen molar-refractivity contribution < 1.29 is 9.50 Å². The number of aryl methyl sites for hydroxylation is 2. The Morgan fingerprint density at radius 1 is 1.38 bits per heavy atom. The molecular formula is C11H12FN3O. The second kappa shape index (κ2) is 3.52. The average Bonchev–Trinajstić information content (AvgIpc) is 2.53. The molecule has 1 aromatic carbocycles. The van der Waals surface area contributed by atoms with Crippen LogP contribution < -0.4 is 5.73 Å². The Morgan fingerprint density at radius 2 is 2.06 bits per heavy atom. The predicted molar refractivity (Wildman–Crippen MR) is 59.4 cm³/mol. The first-order chi connectivity index (χ1) is 7.49. The second-order valence-electron chi connectivity index (χ2n) is 3.72. The van der Waals surface area contributed by atoms with Crippen molar-refractivity contribution in [2.24, 2.45) is 7.05 Å². The summed E-state index contributed by atoms with van der Waals surface area (Å²) in [6.07, 6.45) is 0. The van der Waals surface area contributed by atoms with Crippen molar-refractivity contribution in [3.8, 4) is 17.0 Å². The number of rotatable bonds is 1. The summed E-state index contributed by atoms with van der Waals surface area (Å²) in [5.74, 6) is -0.613. The third kappa shape index (κ3) is 1.60. The summed E-state index contributed by atoms with van der Waals surface area (Å²) < 4.78 is 15.1. The van der Waals surface area contributed by atoms with Crippen LogP contribution in [0.3, 0.4) is 0 Å². The standard InChI is InChI=1S/C11H12FN3O/c1-6-3-7(11(12)9(16)4-6)8-5-10(13)15(2)14-8/h3-5,16H,13H2,1-2H3. The SMILES string of the molecule is Cc1cc(O)c(F)c(-c2cc(N)n(C)n2)c1. The third-order valence-electron chi connectivity index (χ3n) is 2.39. The minimum absolute atomic E-state index is 0.254. The highest BCUT2D eigenvalue weighted by Crippen LogP contribution is 2.29. The maximum Gasteiger partial charge on any atom is 0.174 e. The van der Waals surface area contributed by atoms with Gasteiger partial charge in [-0.05, 0) is 24.6 Å². The Balaban J connectivity index is 2.63. The summed E-state index contributed by atoms with van der Waals surface area (Å²) in [5.41, 5.74) is 7.05. The number of phenolic OH excluding ortho intramolecular Hbond substituents is 1. The van der Waals surface area contributed by atoms with E-state index in [0.717, 1.165) is 5.56 Å². The molecule has 84 valence electrons. The molecule has 16 heavy (non-hydrogen) atoms. The molecule has 4 nitrogen and oxygen atoms in total. The van der Waals surface area contributed by atoms with Crippen LogP contribution in [-0.4, -0.2) is 14.9 Å². The van der Waals surface area contributed by atoms with E-state index >= 15 is 0 Å². The Bertz CT molecular complexity index is 529. The Morgan fingerprint density at radius 3 is 2.62 bits per heavy atom. The molecule has 0 saturated carbocycles. The highest BCUT2D eigenvalue weighted by molar-refractivity contribution is 5.65. The zero-order valence-corrected chi connectivity index (χ0v) is 9.03. The van der Waals surface area contributed by atoms with Gasteiger partial charge in [-0.2, -0.15) is 5.10 Å². The van der Waals surface area contributed by atoms with Crippen molar-refractivity contribution in [2.75, 3.05) is 5.73 Å². The number of hydrogen-bond acceptors (Lipinski definition) is 3. The van der Waals surface area contributed by atoms with E-state index in [1.165, 1.54) is 10.7 Å². The maximum absolute atomic E-state index is 13.7. The van der Waals surface area contributed by atoms with E-state index in [1.807, 2.05) is 0 Å². The molecule has 0 aliphatic heterocycles. The van der Waals surface area contributed by atoms with Crippen molar-refractivity contribution in [3.63, 3.8) is 0 Å². The quantitative estimate of drug-likeness (QED) is 0.772. The van der Waals surface area contributed by atoms with Crippen LogP contribution in [0.1, 0.15) is 5.56 Å². The van der Waals surface area contributed by atoms with Gasteiger partial charge in [-0.25, -0.2) is 4.39 Å². The maximum atomic E-state index is 13.7. The van der Waals surface area contributed by atoms with Gasteiger partial charge in [-0.3, -0.25) is 4.68 Å². The zero-order chi connectivity index (χ0) is 11.9. The highest BCUT2D eigenvalue weighted by Gasteiger charge is 2.14. The number of aromatic nitrogens is 2. The van der Waals surface area contributed by atoms with Crippen LogP contribution in [0, 0.1) is 12.7 Å². The molecule has 0 aliphatic rings. The van der Waals surface area contributed by atoms with Gasteiger partial charge in [0, 0.05) is 18.7 Å². The van der Waals surface area contributed by atoms with E-state index in [1.54, 1.807) is 26.1 Å². The summed E-state index contributed by atoms with van der Waals surface area (Å²) in [5, 5.41) is 13.4. The fourth-order valence-corrected chi connectivity index (χ4v) is 1.55. The van der Waals surface area contributed by atoms with Crippen molar-refractivity contribution in [2.45, 2.75) is 6.92 Å². The molecule has 0 unspecified atom stereocenters. The molecule has 2 rings (SSSR count). The monoisotopic (exact) mass is 221 g/mol. The van der Waals surface area contributed by atoms with E-state index in [4.69, 9.17) is 5.73 Å². The fourth-order valence-electron chi connectivity index (χ4n) is 1.55. The van der Waals surface area contributed by atoms with Gasteiger partial charge in [0.1, 0.15) is 5.82 Å². The first-order valence-electron chi connectivity index (χ1n) is 4.78. The number of hydrogen-bond donors (Lipinski definition) is 2. The smallest absolute Gasteiger partial charge is 0.174 e. The zero-order valence-electron chi connectivity index (χ0n) is 9.03. The molecule has 0 radical (unpaired) electrons. The van der Waals surface area contributed by atoms with E-state index in [2.05, 4.69) is 5.10 Å². The Kier molecular flexibility index (Phi) is 2.30. The van der Waals surface area contributed by atoms with Crippen molar-refractivity contribution in [1.29, 1.82) is 0 Å². The molecule has 0 atom stereocenters. The topological polar surface area (TPSA) is 64.1 Å². The van der Waals surface area contributed by atoms with Crippen LogP contribution in [0.5, 0.6) is 5.75 Å². The molecule has 5 heteroatoms. The second-order valence-corrected chi connectivity index (χ2v) is 3.72. The molecule has 0 aliphatic carbocycles. The number of nitrogens with two attached hydrogens (primary N) is 1. The van der Waals surface area contributed by atoms with E-state index in [-0.39, 0.29) is 11.3 Å². The average molecular weight is 221 g/mol. The molecule has 1 heterocycles. The first-order valence-corrected chi connectivity index (χ1v) is 4.78. The summed E-state index contributed by atoms with van der Waals surface area (Å²) in [7, 11) is 1.67. The summed E-state index contributed by atoms with van der Waals surface area (Å²) >= 11 is 0. The minimum atomic E-state index is -0.677. The lowest BCUT2D eigenvalue weighted by Crippen LogP contribution is -1.96. The number of aromatic hydroxyl groups is 1. The molecule has 0 saturated heterocycles. The van der Waals surface area contributed by atoms with Crippen LogP contribution >= 0.6 is 0 Å².